The quantitative estimate of drug-likeness (QED) is 0.0321. The van der Waals surface area contributed by atoms with E-state index < -0.39 is 12.1 Å². The van der Waals surface area contributed by atoms with Crippen molar-refractivity contribution in [1.29, 1.82) is 0 Å². The molecule has 6 heteroatoms. The lowest BCUT2D eigenvalue weighted by Gasteiger charge is -2.22. The summed E-state index contributed by atoms with van der Waals surface area (Å²) in [4.78, 5) is 24.5. The molecule has 0 aromatic carbocycles. The van der Waals surface area contributed by atoms with Crippen LogP contribution in [-0.2, 0) is 14.3 Å². The Morgan fingerprint density at radius 3 is 1.06 bits per heavy atom. The van der Waals surface area contributed by atoms with E-state index in [2.05, 4.69) is 43.5 Å². The summed E-state index contributed by atoms with van der Waals surface area (Å²) in [5.74, 6) is -0.0446. The second kappa shape index (κ2) is 59.9. The van der Waals surface area contributed by atoms with E-state index in [-0.39, 0.29) is 18.5 Å². The first-order chi connectivity index (χ1) is 34.5. The molecule has 414 valence electrons. The van der Waals surface area contributed by atoms with Crippen LogP contribution >= 0.6 is 0 Å². The number of carbonyl (C=O) groups is 2. The Bertz CT molecular complexity index is 1090. The van der Waals surface area contributed by atoms with Crippen LogP contribution in [0.25, 0.3) is 0 Å². The third-order valence-electron chi connectivity index (χ3n) is 14.7. The van der Waals surface area contributed by atoms with Crippen molar-refractivity contribution in [3.63, 3.8) is 0 Å². The van der Waals surface area contributed by atoms with E-state index in [0.717, 1.165) is 44.9 Å². The Hall–Kier alpha value is -1.66. The second-order valence-corrected chi connectivity index (χ2v) is 21.7. The maximum Gasteiger partial charge on any atom is 0.305 e. The number of nitrogens with one attached hydrogen (secondary N) is 1. The Morgan fingerprint density at radius 2 is 0.686 bits per heavy atom. The third-order valence-corrected chi connectivity index (χ3v) is 14.7. The summed E-state index contributed by atoms with van der Waals surface area (Å²) in [5, 5.41) is 23.4. The number of carbonyl (C=O) groups excluding carboxylic acids is 2. The van der Waals surface area contributed by atoms with E-state index in [4.69, 9.17) is 4.74 Å². The highest BCUT2D eigenvalue weighted by atomic mass is 16.5. The van der Waals surface area contributed by atoms with Gasteiger partial charge < -0.3 is 20.3 Å². The molecule has 0 saturated carbocycles. The van der Waals surface area contributed by atoms with E-state index in [1.807, 2.05) is 0 Å². The topological polar surface area (TPSA) is 95.9 Å². The molecule has 0 aliphatic heterocycles. The van der Waals surface area contributed by atoms with Crippen LogP contribution in [0.4, 0.5) is 0 Å². The van der Waals surface area contributed by atoms with Gasteiger partial charge in [0.2, 0.25) is 5.91 Å². The van der Waals surface area contributed by atoms with Crippen molar-refractivity contribution in [2.45, 2.75) is 360 Å². The minimum Gasteiger partial charge on any atom is -0.466 e. The number of rotatable bonds is 59. The standard InChI is InChI=1S/C64H123NO5/c1-3-5-7-9-11-13-15-16-17-18-19-20-21-24-27-30-33-37-40-44-48-52-56-62(67)61(60-66)65-63(68)57-53-49-45-41-38-34-31-28-25-22-23-26-29-32-35-39-43-47-51-55-59-70-64(69)58-54-50-46-42-36-14-12-10-8-6-4-2/h10,12,22,25,61-62,66-67H,3-9,11,13-21,23-24,26-60H2,1-2H3,(H,65,68)/b12-10-,25-22-. The van der Waals surface area contributed by atoms with E-state index in [1.54, 1.807) is 0 Å². The lowest BCUT2D eigenvalue weighted by Crippen LogP contribution is -2.45. The van der Waals surface area contributed by atoms with Gasteiger partial charge in [0.1, 0.15) is 0 Å². The number of amides is 1. The van der Waals surface area contributed by atoms with Crippen molar-refractivity contribution in [2.24, 2.45) is 0 Å². The zero-order chi connectivity index (χ0) is 50.7. The predicted molar refractivity (Wildman–Crippen MR) is 306 cm³/mol. The van der Waals surface area contributed by atoms with Crippen molar-refractivity contribution in [2.75, 3.05) is 13.2 Å². The average molecular weight is 987 g/mol. The summed E-state index contributed by atoms with van der Waals surface area (Å²) < 4.78 is 5.45. The van der Waals surface area contributed by atoms with Gasteiger partial charge in [-0.3, -0.25) is 9.59 Å². The van der Waals surface area contributed by atoms with E-state index >= 15 is 0 Å². The predicted octanol–water partition coefficient (Wildman–Crippen LogP) is 19.8. The van der Waals surface area contributed by atoms with Gasteiger partial charge in [0.15, 0.2) is 0 Å². The molecule has 0 radical (unpaired) electrons. The molecular formula is C64H123NO5. The smallest absolute Gasteiger partial charge is 0.305 e. The summed E-state index contributed by atoms with van der Waals surface area (Å²) in [6.45, 7) is 4.93. The lowest BCUT2D eigenvalue weighted by atomic mass is 10.0. The van der Waals surface area contributed by atoms with Crippen molar-refractivity contribution >= 4 is 11.9 Å². The number of hydrogen-bond donors (Lipinski definition) is 3. The van der Waals surface area contributed by atoms with Gasteiger partial charge >= 0.3 is 5.97 Å². The van der Waals surface area contributed by atoms with Crippen LogP contribution in [0.1, 0.15) is 348 Å². The number of hydrogen-bond acceptors (Lipinski definition) is 5. The molecule has 0 fully saturated rings. The fourth-order valence-corrected chi connectivity index (χ4v) is 9.85. The summed E-state index contributed by atoms with van der Waals surface area (Å²) in [6, 6.07) is -0.549. The number of aliphatic hydroxyl groups is 2. The zero-order valence-corrected chi connectivity index (χ0v) is 47.3. The van der Waals surface area contributed by atoms with Gasteiger partial charge in [-0.05, 0) is 70.6 Å². The molecule has 70 heavy (non-hydrogen) atoms. The maximum absolute atomic E-state index is 12.5. The average Bonchev–Trinajstić information content (AvgIpc) is 3.36. The first kappa shape index (κ1) is 68.3. The van der Waals surface area contributed by atoms with Crippen molar-refractivity contribution in [1.82, 2.24) is 5.32 Å². The van der Waals surface area contributed by atoms with E-state index in [1.165, 1.54) is 270 Å². The normalized spacial score (nSPS) is 12.7. The molecule has 2 unspecified atom stereocenters. The fourth-order valence-electron chi connectivity index (χ4n) is 9.85. The monoisotopic (exact) mass is 986 g/mol. The summed E-state index contributed by atoms with van der Waals surface area (Å²) in [6.07, 6.45) is 73.3. The van der Waals surface area contributed by atoms with Crippen LogP contribution in [0.5, 0.6) is 0 Å². The van der Waals surface area contributed by atoms with Crippen LogP contribution in [-0.4, -0.2) is 47.4 Å². The Labute approximate surface area is 437 Å². The number of unbranched alkanes of at least 4 members (excludes halogenated alkanes) is 44. The zero-order valence-electron chi connectivity index (χ0n) is 47.3. The molecule has 6 nitrogen and oxygen atoms in total. The highest BCUT2D eigenvalue weighted by Gasteiger charge is 2.20. The maximum atomic E-state index is 12.5. The molecule has 3 N–H and O–H groups in total. The van der Waals surface area contributed by atoms with Gasteiger partial charge in [0, 0.05) is 12.8 Å². The Morgan fingerprint density at radius 1 is 0.386 bits per heavy atom. The Balaban J connectivity index is 3.44. The molecule has 0 aromatic heterocycles. The molecule has 0 aliphatic carbocycles. The first-order valence-corrected chi connectivity index (χ1v) is 31.6. The van der Waals surface area contributed by atoms with Gasteiger partial charge in [-0.25, -0.2) is 0 Å². The third kappa shape index (κ3) is 55.7. The molecule has 2 atom stereocenters. The largest absolute Gasteiger partial charge is 0.466 e. The van der Waals surface area contributed by atoms with Gasteiger partial charge in [-0.1, -0.05) is 289 Å². The highest BCUT2D eigenvalue weighted by Crippen LogP contribution is 2.18. The summed E-state index contributed by atoms with van der Waals surface area (Å²) in [5.41, 5.74) is 0. The number of ether oxygens (including phenoxy) is 1. The number of esters is 1. The van der Waals surface area contributed by atoms with Crippen molar-refractivity contribution < 1.29 is 24.5 Å². The molecule has 0 saturated heterocycles. The van der Waals surface area contributed by atoms with Crippen LogP contribution < -0.4 is 5.32 Å². The molecule has 0 spiro atoms. The lowest BCUT2D eigenvalue weighted by molar-refractivity contribution is -0.143. The first-order valence-electron chi connectivity index (χ1n) is 31.6. The summed E-state index contributed by atoms with van der Waals surface area (Å²) in [7, 11) is 0. The number of aliphatic hydroxyl groups excluding tert-OH is 2. The minimum atomic E-state index is -0.671. The molecule has 0 aliphatic rings. The van der Waals surface area contributed by atoms with Gasteiger partial charge in [0.25, 0.3) is 0 Å². The highest BCUT2D eigenvalue weighted by molar-refractivity contribution is 5.76. The molecular weight excluding hydrogens is 863 g/mol. The van der Waals surface area contributed by atoms with Crippen LogP contribution in [0, 0.1) is 0 Å². The van der Waals surface area contributed by atoms with E-state index in [9.17, 15) is 19.8 Å². The molecule has 0 heterocycles. The van der Waals surface area contributed by atoms with Crippen LogP contribution in [0.2, 0.25) is 0 Å². The van der Waals surface area contributed by atoms with Gasteiger partial charge in [0.05, 0.1) is 25.4 Å². The van der Waals surface area contributed by atoms with Crippen molar-refractivity contribution in [3.8, 4) is 0 Å². The molecule has 0 bridgehead atoms. The Kier molecular flexibility index (Phi) is 58.5. The molecule has 0 rings (SSSR count). The van der Waals surface area contributed by atoms with Crippen LogP contribution in [0.3, 0.4) is 0 Å². The second-order valence-electron chi connectivity index (χ2n) is 21.7. The fraction of sp³-hybridized carbons (Fsp3) is 0.906. The minimum absolute atomic E-state index is 0.00432. The molecule has 0 aromatic rings. The van der Waals surface area contributed by atoms with Crippen LogP contribution in [0.15, 0.2) is 24.3 Å². The SMILES string of the molecule is CCCC/C=C\CCCCCCCC(=O)OCCCCCCCCCCC/C=C\CCCCCCCCCC(=O)NC(CO)C(O)CCCCCCCCCCCCCCCCCCCCCCCC. The van der Waals surface area contributed by atoms with Gasteiger partial charge in [-0.15, -0.1) is 0 Å². The van der Waals surface area contributed by atoms with E-state index in [0.29, 0.717) is 25.9 Å². The molecule has 1 amide bonds. The summed E-state index contributed by atoms with van der Waals surface area (Å²) >= 11 is 0. The van der Waals surface area contributed by atoms with Crippen molar-refractivity contribution in [3.05, 3.63) is 24.3 Å². The number of allylic oxidation sites excluding steroid dienone is 4. The van der Waals surface area contributed by atoms with Gasteiger partial charge in [-0.2, -0.15) is 0 Å².